The zero-order chi connectivity index (χ0) is 18.8. The van der Waals surface area contributed by atoms with Crippen molar-refractivity contribution < 1.29 is 8.78 Å². The summed E-state index contributed by atoms with van der Waals surface area (Å²) in [7, 11) is 0. The Morgan fingerprint density at radius 1 is 1.04 bits per heavy atom. The van der Waals surface area contributed by atoms with Crippen LogP contribution in [0.5, 0.6) is 0 Å². The zero-order valence-electron chi connectivity index (χ0n) is 13.9. The molecular weight excluding hydrogens is 368 g/mol. The largest absolute Gasteiger partial charge is 0.354 e. The standard InChI is InChI=1S/C20H13F2N3OS/c21-14-7-2-8-15(22)19(14)24-11-17-25-20(26)16(27-17)10-13-5-1-4-12-6-3-9-23-18(12)13/h1-11,24H,(H,25,26). The molecule has 0 unspecified atom stereocenters. The van der Waals surface area contributed by atoms with Crippen LogP contribution in [0.1, 0.15) is 5.56 Å². The third-order valence-electron chi connectivity index (χ3n) is 3.94. The number of aromatic nitrogens is 2. The van der Waals surface area contributed by atoms with E-state index in [9.17, 15) is 13.6 Å². The summed E-state index contributed by atoms with van der Waals surface area (Å²) in [6, 6.07) is 13.1. The molecule has 2 heterocycles. The Morgan fingerprint density at radius 2 is 1.78 bits per heavy atom. The van der Waals surface area contributed by atoms with E-state index in [1.807, 2.05) is 30.3 Å². The highest BCUT2D eigenvalue weighted by Gasteiger charge is 2.06. The van der Waals surface area contributed by atoms with E-state index in [-0.39, 0.29) is 11.2 Å². The van der Waals surface area contributed by atoms with Crippen LogP contribution in [-0.4, -0.2) is 9.97 Å². The summed E-state index contributed by atoms with van der Waals surface area (Å²) in [5.74, 6) is -1.42. The molecule has 4 rings (SSSR count). The number of fused-ring (bicyclic) bond motifs is 1. The molecule has 0 saturated carbocycles. The molecule has 27 heavy (non-hydrogen) atoms. The maximum atomic E-state index is 13.7. The highest BCUT2D eigenvalue weighted by Crippen LogP contribution is 2.18. The number of rotatable bonds is 3. The lowest BCUT2D eigenvalue weighted by Gasteiger charge is -2.02. The first-order valence-corrected chi connectivity index (χ1v) is 8.89. The van der Waals surface area contributed by atoms with Crippen molar-refractivity contribution in [2.24, 2.45) is 0 Å². The van der Waals surface area contributed by atoms with Crippen molar-refractivity contribution in [3.63, 3.8) is 0 Å². The van der Waals surface area contributed by atoms with E-state index in [1.165, 1.54) is 23.6 Å². The van der Waals surface area contributed by atoms with Gasteiger partial charge in [0.05, 0.1) is 10.0 Å². The van der Waals surface area contributed by atoms with Gasteiger partial charge in [0.25, 0.3) is 5.56 Å². The molecule has 7 heteroatoms. The van der Waals surface area contributed by atoms with Crippen molar-refractivity contribution in [1.29, 1.82) is 0 Å². The predicted octanol–water partition coefficient (Wildman–Crippen LogP) is 2.94. The van der Waals surface area contributed by atoms with Gasteiger partial charge in [0.15, 0.2) is 0 Å². The number of nitrogens with one attached hydrogen (secondary N) is 2. The molecule has 0 bridgehead atoms. The summed E-state index contributed by atoms with van der Waals surface area (Å²) in [5.41, 5.74) is 1.07. The molecule has 0 spiro atoms. The fourth-order valence-corrected chi connectivity index (χ4v) is 3.51. The van der Waals surface area contributed by atoms with Gasteiger partial charge in [-0.2, -0.15) is 0 Å². The van der Waals surface area contributed by atoms with Gasteiger partial charge in [-0.3, -0.25) is 9.78 Å². The van der Waals surface area contributed by atoms with E-state index in [4.69, 9.17) is 0 Å². The highest BCUT2D eigenvalue weighted by atomic mass is 32.1. The van der Waals surface area contributed by atoms with E-state index in [0.29, 0.717) is 9.20 Å². The van der Waals surface area contributed by atoms with E-state index in [0.717, 1.165) is 28.6 Å². The van der Waals surface area contributed by atoms with Crippen LogP contribution in [0.3, 0.4) is 0 Å². The molecule has 4 nitrogen and oxygen atoms in total. The lowest BCUT2D eigenvalue weighted by molar-refractivity contribution is 0.591. The molecule has 0 saturated heterocycles. The fourth-order valence-electron chi connectivity index (χ4n) is 2.68. The molecule has 0 radical (unpaired) electrons. The number of para-hydroxylation sites is 2. The molecular formula is C20H13F2N3OS. The molecule has 0 aliphatic rings. The Kier molecular flexibility index (Phi) is 4.52. The molecule has 0 atom stereocenters. The fraction of sp³-hybridized carbons (Fsp3) is 0. The van der Waals surface area contributed by atoms with Gasteiger partial charge in [0, 0.05) is 23.3 Å². The third-order valence-corrected chi connectivity index (χ3v) is 4.90. The number of benzene rings is 2. The maximum absolute atomic E-state index is 13.7. The average Bonchev–Trinajstić information content (AvgIpc) is 3.01. The van der Waals surface area contributed by atoms with E-state index in [1.54, 1.807) is 12.3 Å². The topological polar surface area (TPSA) is 57.8 Å². The number of halogens is 2. The van der Waals surface area contributed by atoms with Crippen LogP contribution in [0.15, 0.2) is 59.5 Å². The quantitative estimate of drug-likeness (QED) is 0.574. The van der Waals surface area contributed by atoms with E-state index in [2.05, 4.69) is 15.3 Å². The number of hydrogen-bond donors (Lipinski definition) is 2. The molecule has 0 aliphatic carbocycles. The number of H-pyrrole nitrogens is 1. The minimum atomic E-state index is -0.709. The van der Waals surface area contributed by atoms with Crippen LogP contribution in [0, 0.1) is 11.6 Å². The van der Waals surface area contributed by atoms with Crippen LogP contribution >= 0.6 is 11.3 Å². The monoisotopic (exact) mass is 381 g/mol. The number of pyridine rings is 1. The highest BCUT2D eigenvalue weighted by molar-refractivity contribution is 7.07. The third kappa shape index (κ3) is 3.50. The van der Waals surface area contributed by atoms with Crippen LogP contribution in [0.25, 0.3) is 23.2 Å². The van der Waals surface area contributed by atoms with Crippen molar-refractivity contribution >= 4 is 40.2 Å². The van der Waals surface area contributed by atoms with Crippen molar-refractivity contribution in [2.45, 2.75) is 0 Å². The number of aromatic amines is 1. The number of thiazole rings is 1. The molecule has 2 aromatic carbocycles. The van der Waals surface area contributed by atoms with Crippen molar-refractivity contribution in [1.82, 2.24) is 9.97 Å². The van der Waals surface area contributed by atoms with Crippen molar-refractivity contribution in [3.8, 4) is 0 Å². The molecule has 2 aromatic heterocycles. The lowest BCUT2D eigenvalue weighted by Crippen LogP contribution is -2.20. The van der Waals surface area contributed by atoms with Gasteiger partial charge < -0.3 is 10.3 Å². The smallest absolute Gasteiger partial charge is 0.266 e. The second kappa shape index (κ2) is 7.13. The number of anilines is 1. The molecule has 2 N–H and O–H groups in total. The molecule has 0 fully saturated rings. The second-order valence-electron chi connectivity index (χ2n) is 5.74. The first-order chi connectivity index (χ1) is 13.1. The molecule has 0 aliphatic heterocycles. The molecule has 0 amide bonds. The van der Waals surface area contributed by atoms with Gasteiger partial charge in [-0.25, -0.2) is 8.78 Å². The van der Waals surface area contributed by atoms with Gasteiger partial charge in [-0.1, -0.05) is 30.3 Å². The minimum Gasteiger partial charge on any atom is -0.354 e. The summed E-state index contributed by atoms with van der Waals surface area (Å²) < 4.78 is 28.3. The number of hydrogen-bond acceptors (Lipinski definition) is 4. The van der Waals surface area contributed by atoms with E-state index < -0.39 is 11.6 Å². The normalized spacial score (nSPS) is 12.7. The first kappa shape index (κ1) is 17.1. The summed E-state index contributed by atoms with van der Waals surface area (Å²) in [6.45, 7) is 0. The van der Waals surface area contributed by atoms with Crippen LogP contribution in [0.2, 0.25) is 0 Å². The van der Waals surface area contributed by atoms with Crippen LogP contribution in [0.4, 0.5) is 14.5 Å². The van der Waals surface area contributed by atoms with E-state index >= 15 is 0 Å². The van der Waals surface area contributed by atoms with Crippen LogP contribution < -0.4 is 20.1 Å². The summed E-state index contributed by atoms with van der Waals surface area (Å²) in [5, 5.41) is 3.55. The SMILES string of the molecule is O=c1[nH]c(=CNc2c(F)cccc2F)sc1=Cc1cccc2cccnc12. The number of nitrogens with zero attached hydrogens (tertiary/aromatic N) is 1. The first-order valence-electron chi connectivity index (χ1n) is 8.07. The Labute approximate surface area is 156 Å². The van der Waals surface area contributed by atoms with Gasteiger partial charge in [0.1, 0.15) is 22.0 Å². The lowest BCUT2D eigenvalue weighted by atomic mass is 10.1. The Balaban J connectivity index is 1.75. The minimum absolute atomic E-state index is 0.268. The Morgan fingerprint density at radius 3 is 2.59 bits per heavy atom. The zero-order valence-corrected chi connectivity index (χ0v) is 14.7. The molecule has 4 aromatic rings. The van der Waals surface area contributed by atoms with Gasteiger partial charge in [-0.15, -0.1) is 11.3 Å². The van der Waals surface area contributed by atoms with Crippen molar-refractivity contribution in [3.05, 3.63) is 91.5 Å². The Bertz CT molecular complexity index is 1290. The Hall–Kier alpha value is -3.32. The summed E-state index contributed by atoms with van der Waals surface area (Å²) in [6.07, 6.45) is 4.82. The average molecular weight is 381 g/mol. The second-order valence-corrected chi connectivity index (χ2v) is 6.82. The predicted molar refractivity (Wildman–Crippen MR) is 104 cm³/mol. The summed E-state index contributed by atoms with van der Waals surface area (Å²) in [4.78, 5) is 19.3. The van der Waals surface area contributed by atoms with Gasteiger partial charge in [-0.05, 0) is 24.3 Å². The maximum Gasteiger partial charge on any atom is 0.266 e. The summed E-state index contributed by atoms with van der Waals surface area (Å²) >= 11 is 1.18. The molecule has 134 valence electrons. The van der Waals surface area contributed by atoms with Crippen molar-refractivity contribution in [2.75, 3.05) is 5.32 Å². The van der Waals surface area contributed by atoms with Crippen LogP contribution in [-0.2, 0) is 0 Å². The van der Waals surface area contributed by atoms with Gasteiger partial charge in [0.2, 0.25) is 0 Å². The van der Waals surface area contributed by atoms with Gasteiger partial charge >= 0.3 is 0 Å².